The summed E-state index contributed by atoms with van der Waals surface area (Å²) in [6.07, 6.45) is 0.811. The third-order valence-electron chi connectivity index (χ3n) is 3.06. The van der Waals surface area contributed by atoms with Crippen molar-refractivity contribution in [3.8, 4) is 6.07 Å². The van der Waals surface area contributed by atoms with Crippen molar-refractivity contribution in [3.05, 3.63) is 35.4 Å². The number of rotatable bonds is 5. The summed E-state index contributed by atoms with van der Waals surface area (Å²) in [6, 6.07) is 10.0. The molecule has 1 heterocycles. The Balaban J connectivity index is 1.76. The van der Waals surface area contributed by atoms with Crippen LogP contribution in [0.1, 0.15) is 30.5 Å². The lowest BCUT2D eigenvalue weighted by molar-refractivity contribution is -0.0462. The van der Waals surface area contributed by atoms with Crippen molar-refractivity contribution in [2.24, 2.45) is 0 Å². The molecule has 1 fully saturated rings. The summed E-state index contributed by atoms with van der Waals surface area (Å²) in [5.74, 6) is 0. The van der Waals surface area contributed by atoms with Crippen LogP contribution in [-0.2, 0) is 9.47 Å². The first kappa shape index (κ1) is 13.0. The van der Waals surface area contributed by atoms with E-state index in [0.29, 0.717) is 18.8 Å². The number of nitriles is 1. The lowest BCUT2D eigenvalue weighted by Crippen LogP contribution is -2.23. The summed E-state index contributed by atoms with van der Waals surface area (Å²) in [7, 11) is 0. The molecule has 18 heavy (non-hydrogen) atoms. The van der Waals surface area contributed by atoms with E-state index in [0.717, 1.165) is 13.0 Å². The van der Waals surface area contributed by atoms with Crippen molar-refractivity contribution in [2.45, 2.75) is 25.7 Å². The van der Waals surface area contributed by atoms with Gasteiger partial charge in [0.25, 0.3) is 0 Å². The zero-order chi connectivity index (χ0) is 12.8. The van der Waals surface area contributed by atoms with Crippen LogP contribution in [0.4, 0.5) is 0 Å². The molecule has 0 spiro atoms. The maximum Gasteiger partial charge on any atom is 0.159 e. The highest BCUT2D eigenvalue weighted by atomic mass is 16.7. The number of nitrogens with one attached hydrogen (secondary N) is 1. The van der Waals surface area contributed by atoms with Gasteiger partial charge in [-0.3, -0.25) is 0 Å². The molecule has 0 bridgehead atoms. The predicted molar refractivity (Wildman–Crippen MR) is 67.9 cm³/mol. The van der Waals surface area contributed by atoms with Gasteiger partial charge in [0.15, 0.2) is 6.29 Å². The molecule has 1 aliphatic heterocycles. The van der Waals surface area contributed by atoms with Crippen LogP contribution in [0.5, 0.6) is 0 Å². The SMILES string of the molecule is CC(NCCC1OCCO1)c1ccc(C#N)cc1. The number of hydrogen-bond donors (Lipinski definition) is 1. The number of benzene rings is 1. The minimum Gasteiger partial charge on any atom is -0.350 e. The molecule has 1 saturated heterocycles. The minimum atomic E-state index is -0.0503. The second kappa shape index (κ2) is 6.50. The van der Waals surface area contributed by atoms with Crippen molar-refractivity contribution in [1.82, 2.24) is 5.32 Å². The van der Waals surface area contributed by atoms with E-state index in [2.05, 4.69) is 18.3 Å². The average molecular weight is 246 g/mol. The molecule has 4 heteroatoms. The third kappa shape index (κ3) is 3.54. The summed E-state index contributed by atoms with van der Waals surface area (Å²) < 4.78 is 10.7. The summed E-state index contributed by atoms with van der Waals surface area (Å²) in [4.78, 5) is 0. The zero-order valence-electron chi connectivity index (χ0n) is 10.6. The van der Waals surface area contributed by atoms with Gasteiger partial charge in [0.1, 0.15) is 0 Å². The van der Waals surface area contributed by atoms with E-state index in [1.807, 2.05) is 24.3 Å². The van der Waals surface area contributed by atoms with Gasteiger partial charge in [-0.05, 0) is 24.6 Å². The molecule has 0 radical (unpaired) electrons. The van der Waals surface area contributed by atoms with Crippen LogP contribution in [0.15, 0.2) is 24.3 Å². The van der Waals surface area contributed by atoms with Crippen molar-refractivity contribution < 1.29 is 9.47 Å². The predicted octanol–water partition coefficient (Wildman–Crippen LogP) is 1.97. The molecule has 1 unspecified atom stereocenters. The standard InChI is InChI=1S/C14H18N2O2/c1-11(13-4-2-12(10-15)3-5-13)16-7-6-14-17-8-9-18-14/h2-5,11,14,16H,6-9H2,1H3. The first-order chi connectivity index (χ1) is 8.79. The molecule has 1 aromatic rings. The fourth-order valence-corrected chi connectivity index (χ4v) is 1.96. The van der Waals surface area contributed by atoms with E-state index < -0.39 is 0 Å². The van der Waals surface area contributed by atoms with Gasteiger partial charge in [0, 0.05) is 19.0 Å². The summed E-state index contributed by atoms with van der Waals surface area (Å²) in [6.45, 7) is 4.37. The van der Waals surface area contributed by atoms with E-state index in [-0.39, 0.29) is 12.3 Å². The fraction of sp³-hybridized carbons (Fsp3) is 0.500. The van der Waals surface area contributed by atoms with Gasteiger partial charge in [-0.2, -0.15) is 5.26 Å². The van der Waals surface area contributed by atoms with Crippen LogP contribution in [0, 0.1) is 11.3 Å². The Morgan fingerprint density at radius 2 is 2.00 bits per heavy atom. The molecular formula is C14H18N2O2. The summed E-state index contributed by atoms with van der Waals surface area (Å²) >= 11 is 0. The lowest BCUT2D eigenvalue weighted by atomic mass is 10.1. The smallest absolute Gasteiger partial charge is 0.159 e. The molecule has 2 rings (SSSR count). The Labute approximate surface area is 108 Å². The molecule has 1 aliphatic rings. The second-order valence-electron chi connectivity index (χ2n) is 4.37. The first-order valence-corrected chi connectivity index (χ1v) is 6.26. The molecule has 0 amide bonds. The van der Waals surface area contributed by atoms with Crippen molar-refractivity contribution in [3.63, 3.8) is 0 Å². The Morgan fingerprint density at radius 1 is 1.33 bits per heavy atom. The van der Waals surface area contributed by atoms with Gasteiger partial charge >= 0.3 is 0 Å². The van der Waals surface area contributed by atoms with Crippen molar-refractivity contribution in [2.75, 3.05) is 19.8 Å². The van der Waals surface area contributed by atoms with E-state index in [1.54, 1.807) is 0 Å². The number of nitrogens with zero attached hydrogens (tertiary/aromatic N) is 1. The van der Waals surface area contributed by atoms with Crippen molar-refractivity contribution in [1.29, 1.82) is 5.26 Å². The molecule has 4 nitrogen and oxygen atoms in total. The normalized spacial score (nSPS) is 17.6. The van der Waals surface area contributed by atoms with Crippen LogP contribution in [0.3, 0.4) is 0 Å². The molecule has 1 atom stereocenters. The van der Waals surface area contributed by atoms with Gasteiger partial charge in [0.05, 0.1) is 24.8 Å². The molecule has 96 valence electrons. The Kier molecular flexibility index (Phi) is 4.71. The molecule has 1 N–H and O–H groups in total. The molecule has 1 aromatic carbocycles. The van der Waals surface area contributed by atoms with E-state index in [9.17, 15) is 0 Å². The quantitative estimate of drug-likeness (QED) is 0.863. The molecule has 0 aliphatic carbocycles. The summed E-state index contributed by atoms with van der Waals surface area (Å²) in [5.41, 5.74) is 1.88. The third-order valence-corrected chi connectivity index (χ3v) is 3.06. The van der Waals surface area contributed by atoms with Gasteiger partial charge < -0.3 is 14.8 Å². The number of hydrogen-bond acceptors (Lipinski definition) is 4. The second-order valence-corrected chi connectivity index (χ2v) is 4.37. The van der Waals surface area contributed by atoms with Gasteiger partial charge in [-0.25, -0.2) is 0 Å². The van der Waals surface area contributed by atoms with Crippen molar-refractivity contribution >= 4 is 0 Å². The Bertz CT molecular complexity index is 405. The van der Waals surface area contributed by atoms with E-state index >= 15 is 0 Å². The highest BCUT2D eigenvalue weighted by molar-refractivity contribution is 5.32. The van der Waals surface area contributed by atoms with Crippen LogP contribution in [0.2, 0.25) is 0 Å². The van der Waals surface area contributed by atoms with Crippen LogP contribution >= 0.6 is 0 Å². The van der Waals surface area contributed by atoms with Gasteiger partial charge in [-0.15, -0.1) is 0 Å². The zero-order valence-corrected chi connectivity index (χ0v) is 10.6. The van der Waals surface area contributed by atoms with E-state index in [1.165, 1.54) is 5.56 Å². The molecule has 0 saturated carbocycles. The summed E-state index contributed by atoms with van der Waals surface area (Å²) in [5, 5.41) is 12.2. The number of ether oxygens (including phenoxy) is 2. The highest BCUT2D eigenvalue weighted by Crippen LogP contribution is 2.14. The molecule has 0 aromatic heterocycles. The fourth-order valence-electron chi connectivity index (χ4n) is 1.96. The lowest BCUT2D eigenvalue weighted by Gasteiger charge is -2.15. The monoisotopic (exact) mass is 246 g/mol. The minimum absolute atomic E-state index is 0.0503. The van der Waals surface area contributed by atoms with Crippen LogP contribution in [-0.4, -0.2) is 26.0 Å². The van der Waals surface area contributed by atoms with Crippen LogP contribution < -0.4 is 5.32 Å². The van der Waals surface area contributed by atoms with E-state index in [4.69, 9.17) is 14.7 Å². The van der Waals surface area contributed by atoms with Crippen LogP contribution in [0.25, 0.3) is 0 Å². The molecular weight excluding hydrogens is 228 g/mol. The highest BCUT2D eigenvalue weighted by Gasteiger charge is 2.15. The first-order valence-electron chi connectivity index (χ1n) is 6.26. The maximum absolute atomic E-state index is 8.74. The average Bonchev–Trinajstić information content (AvgIpc) is 2.92. The maximum atomic E-state index is 8.74. The largest absolute Gasteiger partial charge is 0.350 e. The topological polar surface area (TPSA) is 54.3 Å². The van der Waals surface area contributed by atoms with Gasteiger partial charge in [0.2, 0.25) is 0 Å². The van der Waals surface area contributed by atoms with Gasteiger partial charge in [-0.1, -0.05) is 12.1 Å². The Morgan fingerprint density at radius 3 is 2.61 bits per heavy atom. The Hall–Kier alpha value is -1.41.